The molecule has 6 atom stereocenters. The maximum absolute atomic E-state index is 12.3. The van der Waals surface area contributed by atoms with Crippen LogP contribution in [0.25, 0.3) is 0 Å². The van der Waals surface area contributed by atoms with Gasteiger partial charge in [0.05, 0.1) is 12.1 Å². The van der Waals surface area contributed by atoms with Crippen molar-refractivity contribution in [1.29, 1.82) is 0 Å². The van der Waals surface area contributed by atoms with Gasteiger partial charge in [0.2, 0.25) is 11.8 Å². The van der Waals surface area contributed by atoms with Crippen LogP contribution in [0.5, 0.6) is 0 Å². The number of carbonyl (C=O) groups is 4. The summed E-state index contributed by atoms with van der Waals surface area (Å²) in [5, 5.41) is 5.70. The van der Waals surface area contributed by atoms with Gasteiger partial charge in [0.25, 0.3) is 0 Å². The zero-order valence-electron chi connectivity index (χ0n) is 17.0. The molecule has 0 bridgehead atoms. The quantitative estimate of drug-likeness (QED) is 0.608. The largest absolute Gasteiger partial charge is 0.463 e. The maximum Gasteiger partial charge on any atom is 0.302 e. The third-order valence-corrected chi connectivity index (χ3v) is 5.22. The molecule has 0 spiro atoms. The summed E-state index contributed by atoms with van der Waals surface area (Å²) >= 11 is 0. The predicted molar refractivity (Wildman–Crippen MR) is 98.4 cm³/mol. The van der Waals surface area contributed by atoms with Crippen LogP contribution in [0.1, 0.15) is 54.4 Å². The fourth-order valence-corrected chi connectivity index (χ4v) is 2.99. The number of carbonyl (C=O) groups excluding carboxylic acids is 4. The standard InChI is InChI=1S/C19H32N2O6/c1-7-16(24)20-18-12(4)11(3)15(9-26-14(6)23)27-19(18)21-17(25)8-10(2)13(5)22/h10-12,15,18-19H,7-9H2,1-6H3,(H,20,24)(H,21,25)/t10-,11-,12-,15?,18?,19+/m0/s1. The Bertz CT molecular complexity index is 564. The molecule has 8 nitrogen and oxygen atoms in total. The maximum atomic E-state index is 12.3. The number of nitrogens with one attached hydrogen (secondary N) is 2. The Labute approximate surface area is 160 Å². The Morgan fingerprint density at radius 3 is 2.19 bits per heavy atom. The molecule has 0 radical (unpaired) electrons. The van der Waals surface area contributed by atoms with Gasteiger partial charge in [0.15, 0.2) is 6.23 Å². The molecule has 8 heteroatoms. The van der Waals surface area contributed by atoms with Crippen molar-refractivity contribution in [3.8, 4) is 0 Å². The Morgan fingerprint density at radius 1 is 1.04 bits per heavy atom. The molecule has 1 fully saturated rings. The van der Waals surface area contributed by atoms with Gasteiger partial charge in [-0.2, -0.15) is 0 Å². The summed E-state index contributed by atoms with van der Waals surface area (Å²) in [5.74, 6) is -1.37. The van der Waals surface area contributed by atoms with Crippen LogP contribution in [0.2, 0.25) is 0 Å². The minimum Gasteiger partial charge on any atom is -0.463 e. The van der Waals surface area contributed by atoms with E-state index in [1.807, 2.05) is 13.8 Å². The van der Waals surface area contributed by atoms with Crippen molar-refractivity contribution in [2.75, 3.05) is 6.61 Å². The first kappa shape index (κ1) is 23.1. The lowest BCUT2D eigenvalue weighted by Crippen LogP contribution is -2.63. The van der Waals surface area contributed by atoms with E-state index in [0.29, 0.717) is 6.42 Å². The number of hydrogen-bond acceptors (Lipinski definition) is 6. The van der Waals surface area contributed by atoms with Crippen LogP contribution >= 0.6 is 0 Å². The van der Waals surface area contributed by atoms with E-state index in [0.717, 1.165) is 0 Å². The number of ketones is 1. The average Bonchev–Trinajstić information content (AvgIpc) is 2.59. The Kier molecular flexibility index (Phi) is 8.88. The van der Waals surface area contributed by atoms with Crippen molar-refractivity contribution < 1.29 is 28.7 Å². The number of rotatable bonds is 8. The van der Waals surface area contributed by atoms with E-state index in [1.54, 1.807) is 13.8 Å². The van der Waals surface area contributed by atoms with Crippen LogP contribution in [0.15, 0.2) is 0 Å². The summed E-state index contributed by atoms with van der Waals surface area (Å²) in [6.45, 7) is 10.2. The first-order chi connectivity index (χ1) is 12.6. The van der Waals surface area contributed by atoms with Gasteiger partial charge in [-0.15, -0.1) is 0 Å². The fourth-order valence-electron chi connectivity index (χ4n) is 2.99. The fraction of sp³-hybridized carbons (Fsp3) is 0.789. The van der Waals surface area contributed by atoms with Crippen LogP contribution in [0.3, 0.4) is 0 Å². The van der Waals surface area contributed by atoms with E-state index in [9.17, 15) is 19.2 Å². The first-order valence-electron chi connectivity index (χ1n) is 9.44. The van der Waals surface area contributed by atoms with Crippen molar-refractivity contribution in [3.05, 3.63) is 0 Å². The smallest absolute Gasteiger partial charge is 0.302 e. The highest BCUT2D eigenvalue weighted by atomic mass is 16.6. The lowest BCUT2D eigenvalue weighted by atomic mass is 9.81. The number of ether oxygens (including phenoxy) is 2. The molecule has 0 aromatic heterocycles. The van der Waals surface area contributed by atoms with E-state index in [1.165, 1.54) is 13.8 Å². The molecule has 2 N–H and O–H groups in total. The van der Waals surface area contributed by atoms with E-state index in [2.05, 4.69) is 10.6 Å². The monoisotopic (exact) mass is 384 g/mol. The zero-order valence-corrected chi connectivity index (χ0v) is 17.0. The zero-order chi connectivity index (χ0) is 20.7. The minimum atomic E-state index is -0.765. The summed E-state index contributed by atoms with van der Waals surface area (Å²) in [6, 6.07) is -0.419. The summed E-state index contributed by atoms with van der Waals surface area (Å²) in [6.07, 6.45) is -0.813. The van der Waals surface area contributed by atoms with Gasteiger partial charge in [0, 0.05) is 25.7 Å². The molecular formula is C19H32N2O6. The summed E-state index contributed by atoms with van der Waals surface area (Å²) in [4.78, 5) is 46.8. The Morgan fingerprint density at radius 2 is 1.67 bits per heavy atom. The van der Waals surface area contributed by atoms with E-state index in [4.69, 9.17) is 9.47 Å². The predicted octanol–water partition coefficient (Wildman–Crippen LogP) is 1.17. The van der Waals surface area contributed by atoms with Crippen molar-refractivity contribution in [2.24, 2.45) is 17.8 Å². The highest BCUT2D eigenvalue weighted by Crippen LogP contribution is 2.30. The van der Waals surface area contributed by atoms with Gasteiger partial charge in [0.1, 0.15) is 12.4 Å². The topological polar surface area (TPSA) is 111 Å². The molecule has 0 aliphatic carbocycles. The van der Waals surface area contributed by atoms with E-state index >= 15 is 0 Å². The van der Waals surface area contributed by atoms with Gasteiger partial charge in [-0.3, -0.25) is 19.2 Å². The molecule has 27 heavy (non-hydrogen) atoms. The van der Waals surface area contributed by atoms with E-state index in [-0.39, 0.29) is 42.5 Å². The SMILES string of the molecule is CCC(=O)NC1[C@H](NC(=O)C[C@H](C)C(C)=O)OC(COC(C)=O)[C@@H](C)[C@@H]1C. The molecule has 1 aliphatic rings. The highest BCUT2D eigenvalue weighted by molar-refractivity contribution is 5.85. The van der Waals surface area contributed by atoms with Crippen LogP contribution in [-0.2, 0) is 28.7 Å². The summed E-state index contributed by atoms with van der Waals surface area (Å²) in [7, 11) is 0. The second-order valence-corrected chi connectivity index (χ2v) is 7.35. The highest BCUT2D eigenvalue weighted by Gasteiger charge is 2.43. The molecule has 0 aromatic carbocycles. The molecule has 2 amide bonds. The second kappa shape index (κ2) is 10.4. The molecule has 1 heterocycles. The van der Waals surface area contributed by atoms with Crippen molar-refractivity contribution >= 4 is 23.6 Å². The second-order valence-electron chi connectivity index (χ2n) is 7.35. The van der Waals surface area contributed by atoms with Gasteiger partial charge >= 0.3 is 5.97 Å². The minimum absolute atomic E-state index is 0.00389. The van der Waals surface area contributed by atoms with E-state index < -0.39 is 30.3 Å². The molecule has 1 aliphatic heterocycles. The van der Waals surface area contributed by atoms with Crippen LogP contribution in [-0.4, -0.2) is 48.5 Å². The number of hydrogen-bond donors (Lipinski definition) is 2. The lowest BCUT2D eigenvalue weighted by Gasteiger charge is -2.45. The van der Waals surface area contributed by atoms with Crippen LogP contribution < -0.4 is 10.6 Å². The van der Waals surface area contributed by atoms with Crippen LogP contribution in [0, 0.1) is 17.8 Å². The number of amides is 2. The number of esters is 1. The van der Waals surface area contributed by atoms with Crippen LogP contribution in [0.4, 0.5) is 0 Å². The van der Waals surface area contributed by atoms with Crippen molar-refractivity contribution in [3.63, 3.8) is 0 Å². The molecule has 0 saturated carbocycles. The lowest BCUT2D eigenvalue weighted by molar-refractivity contribution is -0.173. The first-order valence-corrected chi connectivity index (χ1v) is 9.44. The van der Waals surface area contributed by atoms with Gasteiger partial charge in [-0.05, 0) is 18.8 Å². The Hall–Kier alpha value is -1.96. The number of Topliss-reactive ketones (excluding diaryl/α,β-unsaturated/α-hetero) is 1. The third kappa shape index (κ3) is 6.93. The van der Waals surface area contributed by atoms with Gasteiger partial charge < -0.3 is 20.1 Å². The molecule has 0 aromatic rings. The summed E-state index contributed by atoms with van der Waals surface area (Å²) < 4.78 is 11.1. The molecule has 1 rings (SSSR count). The van der Waals surface area contributed by atoms with Crippen molar-refractivity contribution in [1.82, 2.24) is 10.6 Å². The average molecular weight is 384 g/mol. The molecular weight excluding hydrogens is 352 g/mol. The molecule has 2 unspecified atom stereocenters. The van der Waals surface area contributed by atoms with Gasteiger partial charge in [-0.25, -0.2) is 0 Å². The summed E-state index contributed by atoms with van der Waals surface area (Å²) in [5.41, 5.74) is 0. The molecule has 1 saturated heterocycles. The van der Waals surface area contributed by atoms with Gasteiger partial charge in [-0.1, -0.05) is 27.7 Å². The normalized spacial score (nSPS) is 28.7. The molecule has 154 valence electrons. The Balaban J connectivity index is 2.92. The third-order valence-electron chi connectivity index (χ3n) is 5.22. The van der Waals surface area contributed by atoms with Crippen molar-refractivity contribution in [2.45, 2.75) is 72.8 Å².